The minimum absolute atomic E-state index is 0.0602. The molecule has 178 valence electrons. The van der Waals surface area contributed by atoms with Gasteiger partial charge < -0.3 is 5.32 Å². The van der Waals surface area contributed by atoms with Crippen LogP contribution in [0.15, 0.2) is 17.8 Å². The summed E-state index contributed by atoms with van der Waals surface area (Å²) in [6, 6.07) is 0.0602. The Morgan fingerprint density at radius 2 is 1.71 bits per heavy atom. The molecular weight excluding hydrogens is 402 g/mol. The van der Waals surface area contributed by atoms with E-state index in [1.165, 1.54) is 69.7 Å². The molecule has 0 saturated heterocycles. The van der Waals surface area contributed by atoms with E-state index in [0.717, 1.165) is 35.0 Å². The van der Waals surface area contributed by atoms with Crippen LogP contribution in [0.1, 0.15) is 104 Å². The molecular formula is C25H47N5S. The molecule has 0 saturated carbocycles. The quantitative estimate of drug-likeness (QED) is 0.0906. The minimum Gasteiger partial charge on any atom is -0.367 e. The molecule has 0 spiro atoms. The number of nitrogens with one attached hydrogen (secondary N) is 3. The lowest BCUT2D eigenvalue weighted by atomic mass is 9.91. The van der Waals surface area contributed by atoms with Crippen LogP contribution in [-0.4, -0.2) is 33.3 Å². The molecule has 1 rings (SSSR count). The summed E-state index contributed by atoms with van der Waals surface area (Å²) in [5.74, 6) is 4.49. The summed E-state index contributed by atoms with van der Waals surface area (Å²) in [4.78, 5) is 0. The Morgan fingerprint density at radius 3 is 2.29 bits per heavy atom. The highest BCUT2D eigenvalue weighted by Crippen LogP contribution is 2.22. The van der Waals surface area contributed by atoms with Crippen molar-refractivity contribution >= 4 is 18.1 Å². The van der Waals surface area contributed by atoms with Crippen LogP contribution in [0.2, 0.25) is 0 Å². The zero-order chi connectivity index (χ0) is 22.9. The van der Waals surface area contributed by atoms with Gasteiger partial charge in [0.05, 0.1) is 24.3 Å². The second kappa shape index (κ2) is 17.3. The maximum atomic E-state index is 7.29. The molecule has 0 aliphatic heterocycles. The predicted octanol–water partition coefficient (Wildman–Crippen LogP) is 7.16. The van der Waals surface area contributed by atoms with Crippen LogP contribution in [0, 0.1) is 23.2 Å². The van der Waals surface area contributed by atoms with Crippen LogP contribution in [0.5, 0.6) is 0 Å². The van der Waals surface area contributed by atoms with Gasteiger partial charge in [0.1, 0.15) is 0 Å². The monoisotopic (exact) mass is 449 g/mol. The third-order valence-corrected chi connectivity index (χ3v) is 7.04. The number of rotatable bonds is 19. The highest BCUT2D eigenvalue weighted by atomic mass is 32.2. The van der Waals surface area contributed by atoms with Crippen LogP contribution >= 0.6 is 11.8 Å². The second-order valence-electron chi connectivity index (χ2n) is 9.72. The summed E-state index contributed by atoms with van der Waals surface area (Å²) in [6.07, 6.45) is 17.6. The molecule has 6 heteroatoms. The highest BCUT2D eigenvalue weighted by molar-refractivity contribution is 7.99. The topological polar surface area (TPSA) is 77.5 Å². The molecule has 0 radical (unpaired) electrons. The van der Waals surface area contributed by atoms with Crippen LogP contribution in [0.4, 0.5) is 0 Å². The highest BCUT2D eigenvalue weighted by Gasteiger charge is 2.11. The summed E-state index contributed by atoms with van der Waals surface area (Å²) >= 11 is 1.87. The maximum absolute atomic E-state index is 7.29. The van der Waals surface area contributed by atoms with Crippen molar-refractivity contribution in [1.82, 2.24) is 20.7 Å². The first-order chi connectivity index (χ1) is 14.9. The van der Waals surface area contributed by atoms with E-state index in [0.29, 0.717) is 0 Å². The maximum Gasteiger partial charge on any atom is 0.0796 e. The van der Waals surface area contributed by atoms with Gasteiger partial charge >= 0.3 is 0 Å². The van der Waals surface area contributed by atoms with E-state index in [1.807, 2.05) is 11.8 Å². The lowest BCUT2D eigenvalue weighted by Crippen LogP contribution is -2.22. The largest absolute Gasteiger partial charge is 0.367 e. The van der Waals surface area contributed by atoms with Gasteiger partial charge in [-0.1, -0.05) is 89.5 Å². The zero-order valence-electron chi connectivity index (χ0n) is 20.6. The Balaban J connectivity index is 2.09. The number of aromatic amines is 1. The van der Waals surface area contributed by atoms with Crippen molar-refractivity contribution in [2.75, 3.05) is 11.5 Å². The number of H-pyrrole nitrogens is 1. The first kappa shape index (κ1) is 27.7. The number of allylic oxidation sites excluding steroid dienone is 1. The van der Waals surface area contributed by atoms with E-state index in [2.05, 4.69) is 61.4 Å². The van der Waals surface area contributed by atoms with Gasteiger partial charge in [0.25, 0.3) is 0 Å². The normalized spacial score (nSPS) is 15.1. The number of nitrogens with zero attached hydrogens (tertiary/aromatic N) is 2. The second-order valence-corrected chi connectivity index (χ2v) is 10.8. The molecule has 3 unspecified atom stereocenters. The molecule has 0 aromatic carbocycles. The molecule has 0 bridgehead atoms. The molecule has 1 aromatic heterocycles. The van der Waals surface area contributed by atoms with E-state index in [9.17, 15) is 0 Å². The molecule has 3 N–H and O–H groups in total. The van der Waals surface area contributed by atoms with E-state index in [4.69, 9.17) is 5.41 Å². The van der Waals surface area contributed by atoms with Crippen LogP contribution in [0.25, 0.3) is 0 Å². The Hall–Kier alpha value is -1.30. The van der Waals surface area contributed by atoms with Gasteiger partial charge in [-0.3, -0.25) is 10.5 Å². The van der Waals surface area contributed by atoms with Crippen molar-refractivity contribution in [3.8, 4) is 0 Å². The van der Waals surface area contributed by atoms with E-state index >= 15 is 0 Å². The van der Waals surface area contributed by atoms with Gasteiger partial charge in [0.2, 0.25) is 0 Å². The predicted molar refractivity (Wildman–Crippen MR) is 137 cm³/mol. The summed E-state index contributed by atoms with van der Waals surface area (Å²) in [6.45, 7) is 11.8. The zero-order valence-corrected chi connectivity index (χ0v) is 21.4. The first-order valence-corrected chi connectivity index (χ1v) is 13.4. The molecule has 0 aliphatic rings. The average Bonchev–Trinajstić information content (AvgIpc) is 3.24. The van der Waals surface area contributed by atoms with Crippen molar-refractivity contribution in [3.05, 3.63) is 23.5 Å². The van der Waals surface area contributed by atoms with Crippen molar-refractivity contribution in [1.29, 1.82) is 5.41 Å². The Labute approximate surface area is 195 Å². The fourth-order valence-corrected chi connectivity index (χ4v) is 4.95. The van der Waals surface area contributed by atoms with Crippen LogP contribution < -0.4 is 5.32 Å². The molecule has 1 heterocycles. The van der Waals surface area contributed by atoms with Crippen LogP contribution in [-0.2, 0) is 0 Å². The lowest BCUT2D eigenvalue weighted by Gasteiger charge is -2.15. The van der Waals surface area contributed by atoms with Gasteiger partial charge in [-0.2, -0.15) is 11.8 Å². The lowest BCUT2D eigenvalue weighted by molar-refractivity contribution is 0.389. The van der Waals surface area contributed by atoms with Gasteiger partial charge in [0, 0.05) is 11.5 Å². The van der Waals surface area contributed by atoms with E-state index in [1.54, 1.807) is 6.20 Å². The Bertz CT molecular complexity index is 585. The van der Waals surface area contributed by atoms with Crippen molar-refractivity contribution in [2.45, 2.75) is 98.4 Å². The molecule has 0 fully saturated rings. The molecule has 0 amide bonds. The van der Waals surface area contributed by atoms with Crippen molar-refractivity contribution in [2.24, 2.45) is 17.8 Å². The van der Waals surface area contributed by atoms with Gasteiger partial charge in [0.15, 0.2) is 0 Å². The van der Waals surface area contributed by atoms with Crippen LogP contribution in [0.3, 0.4) is 0 Å². The van der Waals surface area contributed by atoms with Crippen molar-refractivity contribution in [3.63, 3.8) is 0 Å². The SMILES string of the molecule is CC(=CCSCC(NC=N)c1cnn[nH]1)CCCC(C)CCCC(C)CCCC(C)C. The minimum atomic E-state index is 0.0602. The smallest absolute Gasteiger partial charge is 0.0796 e. The van der Waals surface area contributed by atoms with Crippen molar-refractivity contribution < 1.29 is 0 Å². The fourth-order valence-electron chi connectivity index (χ4n) is 3.90. The molecule has 31 heavy (non-hydrogen) atoms. The third kappa shape index (κ3) is 14.4. The number of thioether (sulfide) groups is 1. The number of aromatic nitrogens is 3. The number of hydrogen-bond acceptors (Lipinski definition) is 4. The Morgan fingerprint density at radius 1 is 1.06 bits per heavy atom. The standard InChI is InChI=1S/C25H47N5S/c1-20(2)9-6-10-21(3)11-7-12-22(4)13-8-14-23(5)15-16-31-18-25(27-19-26)24-17-28-30-29-24/h15,17,19-22,25H,6-14,16,18H2,1-5H3,(H2,26,27)(H,28,29,30). The third-order valence-electron chi connectivity index (χ3n) is 6.07. The number of hydrogen-bond donors (Lipinski definition) is 3. The summed E-state index contributed by atoms with van der Waals surface area (Å²) in [5, 5.41) is 20.8. The molecule has 5 nitrogen and oxygen atoms in total. The summed E-state index contributed by atoms with van der Waals surface area (Å²) in [5.41, 5.74) is 2.42. The summed E-state index contributed by atoms with van der Waals surface area (Å²) in [7, 11) is 0. The van der Waals surface area contributed by atoms with Gasteiger partial charge in [-0.05, 0) is 37.5 Å². The average molecular weight is 450 g/mol. The Kier molecular flexibility index (Phi) is 15.5. The first-order valence-electron chi connectivity index (χ1n) is 12.3. The summed E-state index contributed by atoms with van der Waals surface area (Å²) < 4.78 is 0. The molecule has 1 aromatic rings. The van der Waals surface area contributed by atoms with E-state index < -0.39 is 0 Å². The molecule has 0 aliphatic carbocycles. The van der Waals surface area contributed by atoms with Gasteiger partial charge in [-0.15, -0.1) is 5.10 Å². The van der Waals surface area contributed by atoms with Gasteiger partial charge in [-0.25, -0.2) is 0 Å². The van der Waals surface area contributed by atoms with E-state index in [-0.39, 0.29) is 6.04 Å². The molecule has 3 atom stereocenters. The fraction of sp³-hybridized carbons (Fsp3) is 0.800.